The van der Waals surface area contributed by atoms with Gasteiger partial charge in [0.05, 0.1) is 25.8 Å². The normalized spacial score (nSPS) is 11.1. The highest BCUT2D eigenvalue weighted by Gasteiger charge is 2.12. The zero-order valence-electron chi connectivity index (χ0n) is 14.2. The summed E-state index contributed by atoms with van der Waals surface area (Å²) in [6.07, 6.45) is 3.06. The molecule has 25 heavy (non-hydrogen) atoms. The number of aryl methyl sites for hydroxylation is 2. The Balaban J connectivity index is 2.17. The van der Waals surface area contributed by atoms with E-state index in [2.05, 4.69) is 9.84 Å². The number of esters is 1. The zero-order valence-corrected chi connectivity index (χ0v) is 14.2. The van der Waals surface area contributed by atoms with E-state index in [1.165, 1.54) is 19.3 Å². The Morgan fingerprint density at radius 1 is 1.24 bits per heavy atom. The van der Waals surface area contributed by atoms with Gasteiger partial charge in [0.2, 0.25) is 0 Å². The molecule has 0 saturated carbocycles. The molecule has 1 aromatic heterocycles. The topological polar surface area (TPSA) is 61.2 Å². The fourth-order valence-corrected chi connectivity index (χ4v) is 2.37. The summed E-state index contributed by atoms with van der Waals surface area (Å²) in [5.41, 5.74) is 2.27. The van der Waals surface area contributed by atoms with Crippen LogP contribution >= 0.6 is 0 Å². The Morgan fingerprint density at radius 3 is 2.60 bits per heavy atom. The first-order valence-corrected chi connectivity index (χ1v) is 7.61. The van der Waals surface area contributed by atoms with Crippen molar-refractivity contribution in [2.45, 2.75) is 26.8 Å². The monoisotopic (exact) mass is 348 g/mol. The van der Waals surface area contributed by atoms with Crippen molar-refractivity contribution in [1.29, 1.82) is 0 Å². The van der Waals surface area contributed by atoms with E-state index in [-0.39, 0.29) is 18.0 Å². The fraction of sp³-hybridized carbons (Fsp3) is 0.278. The minimum Gasteiger partial charge on any atom is -0.469 e. The van der Waals surface area contributed by atoms with Crippen LogP contribution < -0.4 is 0 Å². The molecular weight excluding hydrogens is 330 g/mol. The van der Waals surface area contributed by atoms with Gasteiger partial charge in [-0.2, -0.15) is 5.10 Å². The van der Waals surface area contributed by atoms with Crippen LogP contribution in [0.1, 0.15) is 33.7 Å². The van der Waals surface area contributed by atoms with Crippen LogP contribution in [0.2, 0.25) is 0 Å². The summed E-state index contributed by atoms with van der Waals surface area (Å²) in [5, 5.41) is 4.33. The van der Waals surface area contributed by atoms with E-state index in [1.54, 1.807) is 17.7 Å². The molecule has 0 N–H and O–H groups in total. The molecule has 0 saturated heterocycles. The van der Waals surface area contributed by atoms with Crippen molar-refractivity contribution in [3.05, 3.63) is 58.4 Å². The second-order valence-corrected chi connectivity index (χ2v) is 5.46. The molecule has 5 nitrogen and oxygen atoms in total. The lowest BCUT2D eigenvalue weighted by molar-refractivity contribution is -0.140. The number of allylic oxidation sites excluding steroid dienone is 1. The zero-order chi connectivity index (χ0) is 18.6. The fourth-order valence-electron chi connectivity index (χ4n) is 2.37. The number of hydrogen-bond donors (Lipinski definition) is 0. The van der Waals surface area contributed by atoms with Crippen LogP contribution in [0, 0.1) is 25.5 Å². The predicted octanol–water partition coefficient (Wildman–Crippen LogP) is 3.24. The van der Waals surface area contributed by atoms with Crippen molar-refractivity contribution < 1.29 is 23.1 Å². The number of aromatic nitrogens is 2. The molecule has 132 valence electrons. The molecule has 0 aliphatic carbocycles. The van der Waals surface area contributed by atoms with E-state index in [1.807, 2.05) is 6.92 Å². The predicted molar refractivity (Wildman–Crippen MR) is 88.1 cm³/mol. The number of methoxy groups -OCH3 is 1. The Hall–Kier alpha value is -2.83. The molecule has 0 radical (unpaired) electrons. The van der Waals surface area contributed by atoms with Crippen LogP contribution in [0.25, 0.3) is 6.08 Å². The van der Waals surface area contributed by atoms with Gasteiger partial charge >= 0.3 is 5.97 Å². The molecule has 1 aromatic carbocycles. The van der Waals surface area contributed by atoms with Crippen LogP contribution in [0.4, 0.5) is 8.78 Å². The molecule has 1 heterocycles. The van der Waals surface area contributed by atoms with Gasteiger partial charge in [-0.1, -0.05) is 0 Å². The lowest BCUT2D eigenvalue weighted by Gasteiger charge is -2.03. The number of benzene rings is 1. The van der Waals surface area contributed by atoms with Gasteiger partial charge in [0.1, 0.15) is 0 Å². The molecule has 0 atom stereocenters. The summed E-state index contributed by atoms with van der Waals surface area (Å²) < 4.78 is 32.4. The average Bonchev–Trinajstić information content (AvgIpc) is 2.86. The van der Waals surface area contributed by atoms with E-state index >= 15 is 0 Å². The summed E-state index contributed by atoms with van der Waals surface area (Å²) in [7, 11) is 1.32. The SMILES string of the molecule is COC(=O)CCn1nc(C)c(C=CC(=O)c2ccc(F)c(F)c2)c1C. The Labute approximate surface area is 143 Å². The van der Waals surface area contributed by atoms with Crippen LogP contribution in [-0.4, -0.2) is 28.6 Å². The first-order chi connectivity index (χ1) is 11.8. The number of carbonyl (C=O) groups is 2. The average molecular weight is 348 g/mol. The molecule has 0 aliphatic rings. The highest BCUT2D eigenvalue weighted by Crippen LogP contribution is 2.17. The smallest absolute Gasteiger partial charge is 0.307 e. The summed E-state index contributed by atoms with van der Waals surface area (Å²) in [4.78, 5) is 23.3. The van der Waals surface area contributed by atoms with Crippen molar-refractivity contribution >= 4 is 17.8 Å². The first kappa shape index (κ1) is 18.5. The van der Waals surface area contributed by atoms with Gasteiger partial charge in [0.15, 0.2) is 17.4 Å². The van der Waals surface area contributed by atoms with Crippen LogP contribution in [-0.2, 0) is 16.1 Å². The van der Waals surface area contributed by atoms with Gasteiger partial charge in [-0.25, -0.2) is 8.78 Å². The van der Waals surface area contributed by atoms with Crippen molar-refractivity contribution in [3.8, 4) is 0 Å². The van der Waals surface area contributed by atoms with Crippen molar-refractivity contribution in [2.24, 2.45) is 0 Å². The summed E-state index contributed by atoms with van der Waals surface area (Å²) >= 11 is 0. The summed E-state index contributed by atoms with van der Waals surface area (Å²) in [6.45, 7) is 3.96. The van der Waals surface area contributed by atoms with Crippen LogP contribution in [0.15, 0.2) is 24.3 Å². The molecule has 0 amide bonds. The van der Waals surface area contributed by atoms with Gasteiger partial charge in [-0.15, -0.1) is 0 Å². The van der Waals surface area contributed by atoms with E-state index in [4.69, 9.17) is 0 Å². The summed E-state index contributed by atoms with van der Waals surface area (Å²) in [6, 6.07) is 3.00. The number of ketones is 1. The molecule has 0 fully saturated rings. The number of halogens is 2. The minimum absolute atomic E-state index is 0.0588. The number of nitrogens with zero attached hydrogens (tertiary/aromatic N) is 2. The molecule has 7 heteroatoms. The maximum Gasteiger partial charge on any atom is 0.307 e. The van der Waals surface area contributed by atoms with Crippen molar-refractivity contribution in [1.82, 2.24) is 9.78 Å². The van der Waals surface area contributed by atoms with E-state index < -0.39 is 17.4 Å². The third-order valence-corrected chi connectivity index (χ3v) is 3.80. The Bertz CT molecular complexity index is 841. The third-order valence-electron chi connectivity index (χ3n) is 3.80. The van der Waals surface area contributed by atoms with Crippen LogP contribution in [0.5, 0.6) is 0 Å². The molecule has 2 aromatic rings. The largest absolute Gasteiger partial charge is 0.469 e. The van der Waals surface area contributed by atoms with E-state index in [0.717, 1.165) is 23.4 Å². The Morgan fingerprint density at radius 2 is 1.96 bits per heavy atom. The van der Waals surface area contributed by atoms with Gasteiger partial charge in [0.25, 0.3) is 0 Å². The third kappa shape index (κ3) is 4.37. The first-order valence-electron chi connectivity index (χ1n) is 7.61. The number of rotatable bonds is 6. The molecule has 2 rings (SSSR count). The quantitative estimate of drug-likeness (QED) is 0.457. The maximum absolute atomic E-state index is 13.2. The maximum atomic E-state index is 13.2. The second kappa shape index (κ2) is 7.83. The van der Waals surface area contributed by atoms with Gasteiger partial charge < -0.3 is 4.74 Å². The lowest BCUT2D eigenvalue weighted by atomic mass is 10.1. The summed E-state index contributed by atoms with van der Waals surface area (Å²) in [5.74, 6) is -2.85. The molecule has 0 bridgehead atoms. The van der Waals surface area contributed by atoms with E-state index in [9.17, 15) is 18.4 Å². The van der Waals surface area contributed by atoms with Gasteiger partial charge in [0, 0.05) is 16.8 Å². The standard InChI is InChI=1S/C18H18F2N2O3/c1-11-14(12(2)22(21-11)9-8-18(24)25-3)5-7-17(23)13-4-6-15(19)16(20)10-13/h4-7,10H,8-9H2,1-3H3. The van der Waals surface area contributed by atoms with Crippen molar-refractivity contribution in [3.63, 3.8) is 0 Å². The minimum atomic E-state index is -1.07. The number of hydrogen-bond acceptors (Lipinski definition) is 4. The van der Waals surface area contributed by atoms with Crippen LogP contribution in [0.3, 0.4) is 0 Å². The number of ether oxygens (including phenoxy) is 1. The number of carbonyl (C=O) groups excluding carboxylic acids is 2. The molecule has 0 aliphatic heterocycles. The molecule has 0 unspecified atom stereocenters. The highest BCUT2D eigenvalue weighted by atomic mass is 19.2. The van der Waals surface area contributed by atoms with Crippen molar-refractivity contribution in [2.75, 3.05) is 7.11 Å². The highest BCUT2D eigenvalue weighted by molar-refractivity contribution is 6.06. The van der Waals surface area contributed by atoms with E-state index in [0.29, 0.717) is 12.2 Å². The second-order valence-electron chi connectivity index (χ2n) is 5.46. The molecule has 0 spiro atoms. The molecular formula is C18H18F2N2O3. The van der Waals surface area contributed by atoms with Gasteiger partial charge in [-0.05, 0) is 44.2 Å². The van der Waals surface area contributed by atoms with Gasteiger partial charge in [-0.3, -0.25) is 14.3 Å². The Kier molecular flexibility index (Phi) is 5.80. The lowest BCUT2D eigenvalue weighted by Crippen LogP contribution is -2.09.